The van der Waals surface area contributed by atoms with Crippen LogP contribution in [0.1, 0.15) is 33.2 Å². The van der Waals surface area contributed by atoms with Gasteiger partial charge in [-0.3, -0.25) is 14.9 Å². The number of ether oxygens (including phenoxy) is 1. The number of aromatic nitrogens is 3. The number of pyridine rings is 1. The van der Waals surface area contributed by atoms with Crippen molar-refractivity contribution in [2.75, 3.05) is 6.61 Å². The Morgan fingerprint density at radius 2 is 1.94 bits per heavy atom. The fourth-order valence-corrected chi connectivity index (χ4v) is 4.18. The molecule has 5 rings (SSSR count). The number of hydrogen-bond donors (Lipinski definition) is 2. The summed E-state index contributed by atoms with van der Waals surface area (Å²) in [5.74, 6) is 0.673. The first-order chi connectivity index (χ1) is 16.2. The fraction of sp³-hybridized carbons (Fsp3) is 0.115. The molecule has 0 bridgehead atoms. The van der Waals surface area contributed by atoms with Crippen molar-refractivity contribution >= 4 is 5.91 Å². The van der Waals surface area contributed by atoms with E-state index >= 15 is 0 Å². The number of carbonyl (C=O) groups is 1. The summed E-state index contributed by atoms with van der Waals surface area (Å²) >= 11 is 0. The number of benzene rings is 2. The smallest absolute Gasteiger partial charge is 0.273 e. The molecule has 3 heterocycles. The molecule has 4 aromatic rings. The zero-order valence-electron chi connectivity index (χ0n) is 17.8. The number of para-hydroxylation sites is 1. The third-order valence-corrected chi connectivity index (χ3v) is 5.66. The van der Waals surface area contributed by atoms with Gasteiger partial charge in [-0.05, 0) is 41.5 Å². The largest absolute Gasteiger partial charge is 0.507 e. The zero-order valence-corrected chi connectivity index (χ0v) is 17.8. The third-order valence-electron chi connectivity index (χ3n) is 5.66. The minimum Gasteiger partial charge on any atom is -0.507 e. The first-order valence-electron chi connectivity index (χ1n) is 10.6. The Hall–Kier alpha value is -4.39. The van der Waals surface area contributed by atoms with Crippen molar-refractivity contribution in [1.82, 2.24) is 20.1 Å². The van der Waals surface area contributed by atoms with E-state index in [0.29, 0.717) is 30.1 Å². The van der Waals surface area contributed by atoms with Gasteiger partial charge in [-0.25, -0.2) is 0 Å². The number of rotatable bonds is 7. The number of nitrogens with zero attached hydrogens (tertiary/aromatic N) is 3. The summed E-state index contributed by atoms with van der Waals surface area (Å²) in [7, 11) is 0. The number of amides is 1. The van der Waals surface area contributed by atoms with Crippen LogP contribution < -0.4 is 4.74 Å². The van der Waals surface area contributed by atoms with E-state index in [4.69, 9.17) is 4.74 Å². The lowest BCUT2D eigenvalue weighted by Crippen LogP contribution is -2.29. The quantitative estimate of drug-likeness (QED) is 0.415. The molecule has 7 nitrogen and oxygen atoms in total. The van der Waals surface area contributed by atoms with Gasteiger partial charge in [0.25, 0.3) is 5.91 Å². The zero-order chi connectivity index (χ0) is 22.8. The molecule has 0 radical (unpaired) electrons. The minimum atomic E-state index is -0.394. The summed E-state index contributed by atoms with van der Waals surface area (Å²) in [6, 6.07) is 18.0. The van der Waals surface area contributed by atoms with Crippen molar-refractivity contribution < 1.29 is 14.6 Å². The lowest BCUT2D eigenvalue weighted by Gasteiger charge is -2.26. The van der Waals surface area contributed by atoms with Gasteiger partial charge in [-0.15, -0.1) is 0 Å². The maximum absolute atomic E-state index is 13.5. The van der Waals surface area contributed by atoms with Gasteiger partial charge in [-0.1, -0.05) is 43.0 Å². The van der Waals surface area contributed by atoms with Crippen LogP contribution in [0.2, 0.25) is 0 Å². The summed E-state index contributed by atoms with van der Waals surface area (Å²) in [6.45, 7) is 4.47. The third kappa shape index (κ3) is 3.74. The molecule has 164 valence electrons. The van der Waals surface area contributed by atoms with Crippen LogP contribution in [-0.4, -0.2) is 37.7 Å². The van der Waals surface area contributed by atoms with Gasteiger partial charge in [0.1, 0.15) is 29.5 Å². The van der Waals surface area contributed by atoms with Gasteiger partial charge < -0.3 is 14.7 Å². The van der Waals surface area contributed by atoms with E-state index in [2.05, 4.69) is 21.8 Å². The molecule has 2 N–H and O–H groups in total. The molecule has 1 aliphatic rings. The van der Waals surface area contributed by atoms with E-state index in [0.717, 1.165) is 22.4 Å². The standard InChI is InChI=1S/C26H22N4O3/c1-2-14-33-19-11-9-18(10-12-19)25-22-23(20-7-3-4-8-21(20)31)28-29-24(22)26(32)30(25)16-17-6-5-13-27-15-17/h2-13,15,25,31H,1,14,16H2,(H,28,29)/t25-/m1/s1. The number of hydrogen-bond acceptors (Lipinski definition) is 5. The Bertz CT molecular complexity index is 1300. The van der Waals surface area contributed by atoms with Crippen molar-refractivity contribution in [3.05, 3.63) is 108 Å². The normalized spacial score (nSPS) is 14.8. The Labute approximate surface area is 191 Å². The van der Waals surface area contributed by atoms with E-state index in [9.17, 15) is 9.90 Å². The van der Waals surface area contributed by atoms with Gasteiger partial charge in [0.15, 0.2) is 0 Å². The summed E-state index contributed by atoms with van der Waals surface area (Å²) in [6.07, 6.45) is 5.15. The van der Waals surface area contributed by atoms with Crippen molar-refractivity contribution in [3.63, 3.8) is 0 Å². The summed E-state index contributed by atoms with van der Waals surface area (Å²) in [5.41, 5.74) is 4.13. The van der Waals surface area contributed by atoms with E-state index in [1.54, 1.807) is 41.6 Å². The fourth-order valence-electron chi connectivity index (χ4n) is 4.18. The van der Waals surface area contributed by atoms with Crippen molar-refractivity contribution in [2.24, 2.45) is 0 Å². The Morgan fingerprint density at radius 1 is 1.12 bits per heavy atom. The van der Waals surface area contributed by atoms with Gasteiger partial charge in [0.2, 0.25) is 0 Å². The first-order valence-corrected chi connectivity index (χ1v) is 10.6. The molecular formula is C26H22N4O3. The first kappa shape index (κ1) is 20.5. The van der Waals surface area contributed by atoms with Gasteiger partial charge in [-0.2, -0.15) is 5.10 Å². The van der Waals surface area contributed by atoms with E-state index in [1.165, 1.54) is 0 Å². The van der Waals surface area contributed by atoms with E-state index in [-0.39, 0.29) is 11.7 Å². The predicted octanol–water partition coefficient (Wildman–Crippen LogP) is 4.49. The average Bonchev–Trinajstić information content (AvgIpc) is 3.38. The van der Waals surface area contributed by atoms with Crippen LogP contribution in [0.3, 0.4) is 0 Å². The minimum absolute atomic E-state index is 0.108. The molecule has 0 saturated carbocycles. The highest BCUT2D eigenvalue weighted by molar-refractivity contribution is 6.00. The van der Waals surface area contributed by atoms with Crippen LogP contribution in [0.5, 0.6) is 11.5 Å². The highest BCUT2D eigenvalue weighted by atomic mass is 16.5. The van der Waals surface area contributed by atoms with Crippen LogP contribution in [0.15, 0.2) is 85.7 Å². The van der Waals surface area contributed by atoms with Crippen LogP contribution in [0.25, 0.3) is 11.3 Å². The number of fused-ring (bicyclic) bond motifs is 1. The maximum atomic E-state index is 13.5. The van der Waals surface area contributed by atoms with Crippen LogP contribution in [0, 0.1) is 0 Å². The summed E-state index contributed by atoms with van der Waals surface area (Å²) in [4.78, 5) is 19.4. The van der Waals surface area contributed by atoms with Crippen LogP contribution in [0.4, 0.5) is 0 Å². The molecule has 7 heteroatoms. The van der Waals surface area contributed by atoms with Gasteiger partial charge in [0, 0.05) is 30.1 Å². The Kier molecular flexibility index (Phi) is 5.36. The predicted molar refractivity (Wildman–Crippen MR) is 124 cm³/mol. The molecular weight excluding hydrogens is 416 g/mol. The monoisotopic (exact) mass is 438 g/mol. The van der Waals surface area contributed by atoms with Gasteiger partial charge in [0.05, 0.1) is 6.04 Å². The number of phenolic OH excluding ortho intramolecular Hbond substituents is 1. The van der Waals surface area contributed by atoms with Crippen molar-refractivity contribution in [2.45, 2.75) is 12.6 Å². The molecule has 1 amide bonds. The second-order valence-corrected chi connectivity index (χ2v) is 7.74. The van der Waals surface area contributed by atoms with Gasteiger partial charge >= 0.3 is 0 Å². The van der Waals surface area contributed by atoms with Crippen molar-refractivity contribution in [3.8, 4) is 22.8 Å². The number of H-pyrrole nitrogens is 1. The number of phenols is 1. The molecule has 1 atom stereocenters. The summed E-state index contributed by atoms with van der Waals surface area (Å²) < 4.78 is 5.62. The topological polar surface area (TPSA) is 91.3 Å². The second-order valence-electron chi connectivity index (χ2n) is 7.74. The molecule has 0 saturated heterocycles. The van der Waals surface area contributed by atoms with Crippen LogP contribution >= 0.6 is 0 Å². The highest BCUT2D eigenvalue weighted by Crippen LogP contribution is 2.45. The van der Waals surface area contributed by atoms with Crippen molar-refractivity contribution in [1.29, 1.82) is 0 Å². The number of aromatic hydroxyl groups is 1. The SMILES string of the molecule is C=CCOc1ccc([C@@H]2c3c(-c4ccccc4O)n[nH]c3C(=O)N2Cc2cccnc2)cc1. The molecule has 2 aromatic heterocycles. The molecule has 1 aliphatic heterocycles. The highest BCUT2D eigenvalue weighted by Gasteiger charge is 2.42. The summed E-state index contributed by atoms with van der Waals surface area (Å²) in [5, 5.41) is 17.8. The Balaban J connectivity index is 1.61. The molecule has 0 aliphatic carbocycles. The van der Waals surface area contributed by atoms with E-state index < -0.39 is 6.04 Å². The van der Waals surface area contributed by atoms with Crippen LogP contribution in [-0.2, 0) is 6.54 Å². The Morgan fingerprint density at radius 3 is 2.67 bits per heavy atom. The second kappa shape index (κ2) is 8.63. The number of nitrogens with one attached hydrogen (secondary N) is 1. The molecule has 0 fully saturated rings. The lowest BCUT2D eigenvalue weighted by atomic mass is 9.95. The molecule has 2 aromatic carbocycles. The number of carbonyl (C=O) groups excluding carboxylic acids is 1. The molecule has 33 heavy (non-hydrogen) atoms. The van der Waals surface area contributed by atoms with E-state index in [1.807, 2.05) is 42.5 Å². The molecule has 0 unspecified atom stereocenters. The average molecular weight is 438 g/mol. The number of aromatic amines is 1. The molecule has 0 spiro atoms. The lowest BCUT2D eigenvalue weighted by molar-refractivity contribution is 0.0730. The maximum Gasteiger partial charge on any atom is 0.273 e.